The van der Waals surface area contributed by atoms with E-state index in [4.69, 9.17) is 0 Å². The Bertz CT molecular complexity index is 777. The van der Waals surface area contributed by atoms with E-state index in [0.29, 0.717) is 30.3 Å². The highest BCUT2D eigenvalue weighted by molar-refractivity contribution is 7.89. The molecule has 144 valence electrons. The van der Waals surface area contributed by atoms with Crippen molar-refractivity contribution in [1.29, 1.82) is 0 Å². The number of aryl methyl sites for hydroxylation is 1. The van der Waals surface area contributed by atoms with Crippen molar-refractivity contribution in [2.45, 2.75) is 50.5 Å². The quantitative estimate of drug-likeness (QED) is 0.868. The normalized spacial score (nSPS) is 19.9. The largest absolute Gasteiger partial charge is 0.336 e. The third kappa shape index (κ3) is 3.80. The van der Waals surface area contributed by atoms with Crippen LogP contribution < -0.4 is 4.72 Å². The van der Waals surface area contributed by atoms with Crippen LogP contribution in [0.2, 0.25) is 0 Å². The van der Waals surface area contributed by atoms with E-state index < -0.39 is 10.0 Å². The van der Waals surface area contributed by atoms with Gasteiger partial charge in [0, 0.05) is 37.8 Å². The van der Waals surface area contributed by atoms with Crippen molar-refractivity contribution in [2.24, 2.45) is 0 Å². The number of rotatable bonds is 4. The molecule has 0 radical (unpaired) electrons. The van der Waals surface area contributed by atoms with Gasteiger partial charge in [0.15, 0.2) is 0 Å². The summed E-state index contributed by atoms with van der Waals surface area (Å²) in [5.74, 6) is -0.0771. The van der Waals surface area contributed by atoms with E-state index in [1.165, 1.54) is 38.8 Å². The van der Waals surface area contributed by atoms with Crippen molar-refractivity contribution in [3.63, 3.8) is 0 Å². The van der Waals surface area contributed by atoms with Crippen LogP contribution in [-0.4, -0.2) is 63.4 Å². The minimum absolute atomic E-state index is 0.0771. The Hall–Kier alpha value is -1.44. The molecule has 1 aromatic rings. The van der Waals surface area contributed by atoms with Crippen molar-refractivity contribution in [3.05, 3.63) is 28.8 Å². The van der Waals surface area contributed by atoms with Gasteiger partial charge in [0.25, 0.3) is 5.91 Å². The predicted octanol–water partition coefficient (Wildman–Crippen LogP) is 1.91. The van der Waals surface area contributed by atoms with Crippen molar-refractivity contribution >= 4 is 15.9 Å². The van der Waals surface area contributed by atoms with Crippen LogP contribution in [0.15, 0.2) is 17.0 Å². The minimum atomic E-state index is -3.59. The summed E-state index contributed by atoms with van der Waals surface area (Å²) in [5.41, 5.74) is 1.95. The molecule has 7 heteroatoms. The first-order chi connectivity index (χ1) is 12.3. The topological polar surface area (TPSA) is 69.7 Å². The summed E-state index contributed by atoms with van der Waals surface area (Å²) in [7, 11) is -2.20. The molecule has 3 rings (SSSR count). The lowest BCUT2D eigenvalue weighted by Crippen LogP contribution is -2.51. The molecule has 0 aromatic heterocycles. The molecule has 0 atom stereocenters. The molecule has 6 nitrogen and oxygen atoms in total. The van der Waals surface area contributed by atoms with Crippen LogP contribution in [-0.2, 0) is 10.0 Å². The van der Waals surface area contributed by atoms with Crippen LogP contribution in [0.5, 0.6) is 0 Å². The van der Waals surface area contributed by atoms with E-state index in [1.807, 2.05) is 11.8 Å². The lowest BCUT2D eigenvalue weighted by Gasteiger charge is -2.38. The van der Waals surface area contributed by atoms with E-state index in [9.17, 15) is 13.2 Å². The summed E-state index contributed by atoms with van der Waals surface area (Å²) >= 11 is 0. The number of nitrogens with zero attached hydrogens (tertiary/aromatic N) is 2. The average Bonchev–Trinajstić information content (AvgIpc) is 3.18. The molecule has 1 aliphatic heterocycles. The van der Waals surface area contributed by atoms with Gasteiger partial charge in [-0.3, -0.25) is 9.69 Å². The van der Waals surface area contributed by atoms with Gasteiger partial charge in [-0.1, -0.05) is 12.8 Å². The van der Waals surface area contributed by atoms with Crippen LogP contribution in [0, 0.1) is 13.8 Å². The molecule has 26 heavy (non-hydrogen) atoms. The molecule has 0 spiro atoms. The monoisotopic (exact) mass is 379 g/mol. The van der Waals surface area contributed by atoms with E-state index in [0.717, 1.165) is 18.7 Å². The summed E-state index contributed by atoms with van der Waals surface area (Å²) in [4.78, 5) is 17.5. The Kier molecular flexibility index (Phi) is 5.69. The highest BCUT2D eigenvalue weighted by Crippen LogP contribution is 2.25. The number of amides is 1. The molecule has 1 saturated heterocycles. The van der Waals surface area contributed by atoms with E-state index in [-0.39, 0.29) is 10.8 Å². The van der Waals surface area contributed by atoms with Gasteiger partial charge in [-0.05, 0) is 57.0 Å². The molecular weight excluding hydrogens is 350 g/mol. The predicted molar refractivity (Wildman–Crippen MR) is 102 cm³/mol. The van der Waals surface area contributed by atoms with Crippen molar-refractivity contribution < 1.29 is 13.2 Å². The van der Waals surface area contributed by atoms with Gasteiger partial charge in [-0.15, -0.1) is 0 Å². The fourth-order valence-corrected chi connectivity index (χ4v) is 5.15. The molecule has 2 aliphatic rings. The SMILES string of the molecule is CNS(=O)(=O)c1cc(C(=O)N2CCN(C3CCCC3)CC2)cc(C)c1C. The van der Waals surface area contributed by atoms with Crippen molar-refractivity contribution in [1.82, 2.24) is 14.5 Å². The number of hydrogen-bond acceptors (Lipinski definition) is 4. The third-order valence-electron chi connectivity index (χ3n) is 5.87. The average molecular weight is 380 g/mol. The zero-order chi connectivity index (χ0) is 18.9. The summed E-state index contributed by atoms with van der Waals surface area (Å²) < 4.78 is 26.9. The van der Waals surface area contributed by atoms with Gasteiger partial charge in [0.05, 0.1) is 4.90 Å². The minimum Gasteiger partial charge on any atom is -0.336 e. The zero-order valence-electron chi connectivity index (χ0n) is 15.9. The maximum Gasteiger partial charge on any atom is 0.253 e. The number of nitrogens with one attached hydrogen (secondary N) is 1. The third-order valence-corrected chi connectivity index (χ3v) is 7.41. The lowest BCUT2D eigenvalue weighted by atomic mass is 10.0. The standard InChI is InChI=1S/C19H29N3O3S/c1-14-12-16(13-18(15(14)2)26(24,25)20-3)19(23)22-10-8-21(9-11-22)17-6-4-5-7-17/h12-13,17,20H,4-11H2,1-3H3. The molecule has 0 bridgehead atoms. The maximum absolute atomic E-state index is 13.0. The van der Waals surface area contributed by atoms with Gasteiger partial charge in [-0.2, -0.15) is 0 Å². The second-order valence-corrected chi connectivity index (χ2v) is 9.25. The van der Waals surface area contributed by atoms with E-state index >= 15 is 0 Å². The molecule has 1 aliphatic carbocycles. The van der Waals surface area contributed by atoms with Crippen LogP contribution in [0.1, 0.15) is 47.2 Å². The van der Waals surface area contributed by atoms with Crippen LogP contribution in [0.4, 0.5) is 0 Å². The maximum atomic E-state index is 13.0. The van der Waals surface area contributed by atoms with Gasteiger partial charge >= 0.3 is 0 Å². The highest BCUT2D eigenvalue weighted by atomic mass is 32.2. The fraction of sp³-hybridized carbons (Fsp3) is 0.632. The van der Waals surface area contributed by atoms with Gasteiger partial charge in [-0.25, -0.2) is 13.1 Å². The first kappa shape index (κ1) is 19.3. The van der Waals surface area contributed by atoms with Crippen molar-refractivity contribution in [3.8, 4) is 0 Å². The fourth-order valence-electron chi connectivity index (χ4n) is 4.08. The summed E-state index contributed by atoms with van der Waals surface area (Å²) in [6.07, 6.45) is 5.18. The summed E-state index contributed by atoms with van der Waals surface area (Å²) in [6, 6.07) is 4.00. The Morgan fingerprint density at radius 3 is 2.27 bits per heavy atom. The van der Waals surface area contributed by atoms with E-state index in [2.05, 4.69) is 9.62 Å². The van der Waals surface area contributed by atoms with Crippen molar-refractivity contribution in [2.75, 3.05) is 33.2 Å². The molecule has 1 aromatic carbocycles. The van der Waals surface area contributed by atoms with Gasteiger partial charge in [0.2, 0.25) is 10.0 Å². The summed E-state index contributed by atoms with van der Waals surface area (Å²) in [6.45, 7) is 6.84. The second-order valence-electron chi connectivity index (χ2n) is 7.39. The number of carbonyl (C=O) groups is 1. The molecule has 1 N–H and O–H groups in total. The van der Waals surface area contributed by atoms with E-state index in [1.54, 1.807) is 13.0 Å². The molecular formula is C19H29N3O3S. The first-order valence-electron chi connectivity index (χ1n) is 9.41. The first-order valence-corrected chi connectivity index (χ1v) is 10.9. The Morgan fingerprint density at radius 1 is 1.08 bits per heavy atom. The van der Waals surface area contributed by atoms with Crippen LogP contribution >= 0.6 is 0 Å². The number of sulfonamides is 1. The number of benzene rings is 1. The number of piperazine rings is 1. The van der Waals surface area contributed by atoms with Gasteiger partial charge in [0.1, 0.15) is 0 Å². The molecule has 1 heterocycles. The molecule has 2 fully saturated rings. The van der Waals surface area contributed by atoms with Crippen LogP contribution in [0.3, 0.4) is 0 Å². The van der Waals surface area contributed by atoms with Crippen LogP contribution in [0.25, 0.3) is 0 Å². The Morgan fingerprint density at radius 2 is 1.69 bits per heavy atom. The molecule has 1 amide bonds. The second kappa shape index (κ2) is 7.66. The molecule has 0 unspecified atom stereocenters. The lowest BCUT2D eigenvalue weighted by molar-refractivity contribution is 0.0573. The summed E-state index contributed by atoms with van der Waals surface area (Å²) in [5, 5.41) is 0. The molecule has 1 saturated carbocycles. The highest BCUT2D eigenvalue weighted by Gasteiger charge is 2.29. The Labute approximate surface area is 156 Å². The van der Waals surface area contributed by atoms with Gasteiger partial charge < -0.3 is 4.90 Å². The Balaban J connectivity index is 1.76. The smallest absolute Gasteiger partial charge is 0.253 e. The zero-order valence-corrected chi connectivity index (χ0v) is 16.7. The number of hydrogen-bond donors (Lipinski definition) is 1. The number of carbonyl (C=O) groups excluding carboxylic acids is 1.